The van der Waals surface area contributed by atoms with Gasteiger partial charge in [0.15, 0.2) is 0 Å². The number of aryl methyl sites for hydroxylation is 2. The predicted molar refractivity (Wildman–Crippen MR) is 67.2 cm³/mol. The van der Waals surface area contributed by atoms with Crippen molar-refractivity contribution in [1.29, 1.82) is 0 Å². The maximum atomic E-state index is 12.3. The van der Waals surface area contributed by atoms with Gasteiger partial charge >= 0.3 is 0 Å². The zero-order valence-electron chi connectivity index (χ0n) is 10.9. The molecule has 0 bridgehead atoms. The van der Waals surface area contributed by atoms with E-state index in [0.29, 0.717) is 25.3 Å². The summed E-state index contributed by atoms with van der Waals surface area (Å²) in [6, 6.07) is 0. The van der Waals surface area contributed by atoms with Crippen LogP contribution in [-0.4, -0.2) is 41.0 Å². The van der Waals surface area contributed by atoms with Crippen molar-refractivity contribution in [3.8, 4) is 0 Å². The molecule has 0 spiro atoms. The quantitative estimate of drug-likeness (QED) is 0.791. The maximum Gasteiger partial charge on any atom is 0.255 e. The molecule has 2 heterocycles. The number of nitrogens with zero attached hydrogens (tertiary/aromatic N) is 2. The lowest BCUT2D eigenvalue weighted by atomic mass is 9.90. The molecule has 1 aromatic heterocycles. The van der Waals surface area contributed by atoms with E-state index in [1.807, 2.05) is 6.92 Å². The number of aromatic nitrogens is 2. The van der Waals surface area contributed by atoms with Crippen LogP contribution in [0.4, 0.5) is 0 Å². The Kier molecular flexibility index (Phi) is 3.68. The molecule has 1 aliphatic rings. The van der Waals surface area contributed by atoms with Crippen molar-refractivity contribution in [1.82, 2.24) is 15.1 Å². The summed E-state index contributed by atoms with van der Waals surface area (Å²) >= 11 is 0. The minimum absolute atomic E-state index is 0.104. The van der Waals surface area contributed by atoms with Crippen molar-refractivity contribution in [2.45, 2.75) is 25.3 Å². The smallest absolute Gasteiger partial charge is 0.255 e. The predicted octanol–water partition coefficient (Wildman–Crippen LogP) is -0.0338. The summed E-state index contributed by atoms with van der Waals surface area (Å²) < 4.78 is 6.96. The largest absolute Gasteiger partial charge is 0.381 e. The first-order chi connectivity index (χ1) is 8.56. The van der Waals surface area contributed by atoms with Crippen LogP contribution in [0, 0.1) is 6.92 Å². The molecular weight excluding hydrogens is 232 g/mol. The van der Waals surface area contributed by atoms with Gasteiger partial charge in [-0.3, -0.25) is 9.48 Å². The molecule has 6 heteroatoms. The molecule has 100 valence electrons. The molecule has 0 aliphatic carbocycles. The molecule has 18 heavy (non-hydrogen) atoms. The van der Waals surface area contributed by atoms with E-state index in [0.717, 1.165) is 18.5 Å². The summed E-state index contributed by atoms with van der Waals surface area (Å²) in [7, 11) is 1.80. The van der Waals surface area contributed by atoms with Crippen LogP contribution in [-0.2, 0) is 11.8 Å². The number of amides is 1. The Morgan fingerprint density at radius 3 is 2.78 bits per heavy atom. The van der Waals surface area contributed by atoms with E-state index in [4.69, 9.17) is 10.5 Å². The van der Waals surface area contributed by atoms with Crippen LogP contribution >= 0.6 is 0 Å². The number of carbonyl (C=O) groups excluding carboxylic acids is 1. The highest BCUT2D eigenvalue weighted by Gasteiger charge is 2.33. The number of hydrogen-bond donors (Lipinski definition) is 2. The third-order valence-electron chi connectivity index (χ3n) is 3.48. The fourth-order valence-corrected chi connectivity index (χ4v) is 2.27. The second-order valence-electron chi connectivity index (χ2n) is 4.85. The first kappa shape index (κ1) is 13.0. The Labute approximate surface area is 106 Å². The highest BCUT2D eigenvalue weighted by atomic mass is 16.5. The fraction of sp³-hybridized carbons (Fsp3) is 0.667. The normalized spacial score (nSPS) is 18.6. The van der Waals surface area contributed by atoms with Gasteiger partial charge in [0.25, 0.3) is 5.91 Å². The van der Waals surface area contributed by atoms with Crippen LogP contribution < -0.4 is 11.1 Å². The van der Waals surface area contributed by atoms with Crippen molar-refractivity contribution in [3.05, 3.63) is 17.5 Å². The lowest BCUT2D eigenvalue weighted by molar-refractivity contribution is 0.0388. The minimum atomic E-state index is -0.336. The first-order valence-electron chi connectivity index (χ1n) is 6.17. The van der Waals surface area contributed by atoms with Crippen LogP contribution in [0.2, 0.25) is 0 Å². The van der Waals surface area contributed by atoms with E-state index in [-0.39, 0.29) is 11.4 Å². The summed E-state index contributed by atoms with van der Waals surface area (Å²) in [4.78, 5) is 12.3. The summed E-state index contributed by atoms with van der Waals surface area (Å²) in [6.07, 6.45) is 3.25. The Bertz CT molecular complexity index is 435. The van der Waals surface area contributed by atoms with Crippen LogP contribution in [0.15, 0.2) is 6.20 Å². The summed E-state index contributed by atoms with van der Waals surface area (Å²) in [5, 5.41) is 7.23. The van der Waals surface area contributed by atoms with Crippen LogP contribution in [0.25, 0.3) is 0 Å². The standard InChI is InChI=1S/C12H20N4O2/c1-9-10(7-16(2)15-9)11(17)14-12(8-13)3-5-18-6-4-12/h7H,3-6,8,13H2,1-2H3,(H,14,17). The molecule has 3 N–H and O–H groups in total. The molecule has 0 aromatic carbocycles. The van der Waals surface area contributed by atoms with E-state index in [2.05, 4.69) is 10.4 Å². The molecule has 6 nitrogen and oxygen atoms in total. The van der Waals surface area contributed by atoms with Crippen LogP contribution in [0.3, 0.4) is 0 Å². The lowest BCUT2D eigenvalue weighted by Crippen LogP contribution is -2.56. The molecule has 1 aliphatic heterocycles. The lowest BCUT2D eigenvalue weighted by Gasteiger charge is -2.36. The van der Waals surface area contributed by atoms with Gasteiger partial charge in [0, 0.05) is 33.0 Å². The van der Waals surface area contributed by atoms with Crippen molar-refractivity contribution in [3.63, 3.8) is 0 Å². The minimum Gasteiger partial charge on any atom is -0.381 e. The monoisotopic (exact) mass is 252 g/mol. The molecule has 2 rings (SSSR count). The Morgan fingerprint density at radius 1 is 1.61 bits per heavy atom. The maximum absolute atomic E-state index is 12.3. The number of hydrogen-bond acceptors (Lipinski definition) is 4. The van der Waals surface area contributed by atoms with Crippen LogP contribution in [0.5, 0.6) is 0 Å². The third-order valence-corrected chi connectivity index (χ3v) is 3.48. The highest BCUT2D eigenvalue weighted by Crippen LogP contribution is 2.20. The number of carbonyl (C=O) groups is 1. The third kappa shape index (κ3) is 2.54. The van der Waals surface area contributed by atoms with Gasteiger partial charge in [-0.05, 0) is 19.8 Å². The second kappa shape index (κ2) is 5.07. The van der Waals surface area contributed by atoms with Gasteiger partial charge in [-0.2, -0.15) is 5.10 Å². The van der Waals surface area contributed by atoms with Gasteiger partial charge < -0.3 is 15.8 Å². The average Bonchev–Trinajstić information content (AvgIpc) is 2.70. The van der Waals surface area contributed by atoms with Gasteiger partial charge in [0.2, 0.25) is 0 Å². The average molecular weight is 252 g/mol. The summed E-state index contributed by atoms with van der Waals surface area (Å²) in [6.45, 7) is 3.54. The van der Waals surface area contributed by atoms with Gasteiger partial charge in [-0.25, -0.2) is 0 Å². The topological polar surface area (TPSA) is 82.2 Å². The molecule has 1 aromatic rings. The van der Waals surface area contributed by atoms with E-state index in [1.165, 1.54) is 0 Å². The molecule has 0 saturated carbocycles. The SMILES string of the molecule is Cc1nn(C)cc1C(=O)NC1(CN)CCOCC1. The molecule has 1 fully saturated rings. The number of nitrogens with two attached hydrogens (primary N) is 1. The molecular formula is C12H20N4O2. The van der Waals surface area contributed by atoms with E-state index < -0.39 is 0 Å². The number of ether oxygens (including phenoxy) is 1. The zero-order valence-corrected chi connectivity index (χ0v) is 10.9. The number of rotatable bonds is 3. The van der Waals surface area contributed by atoms with Gasteiger partial charge in [0.05, 0.1) is 16.8 Å². The molecule has 0 unspecified atom stereocenters. The molecule has 1 saturated heterocycles. The van der Waals surface area contributed by atoms with Crippen molar-refractivity contribution in [2.75, 3.05) is 19.8 Å². The molecule has 0 radical (unpaired) electrons. The van der Waals surface area contributed by atoms with E-state index in [9.17, 15) is 4.79 Å². The van der Waals surface area contributed by atoms with Crippen molar-refractivity contribution in [2.24, 2.45) is 12.8 Å². The van der Waals surface area contributed by atoms with Gasteiger partial charge in [-0.15, -0.1) is 0 Å². The Morgan fingerprint density at radius 2 is 2.28 bits per heavy atom. The van der Waals surface area contributed by atoms with Crippen LogP contribution in [0.1, 0.15) is 28.9 Å². The van der Waals surface area contributed by atoms with Gasteiger partial charge in [0.1, 0.15) is 0 Å². The zero-order chi connectivity index (χ0) is 13.2. The van der Waals surface area contributed by atoms with Crippen molar-refractivity contribution >= 4 is 5.91 Å². The van der Waals surface area contributed by atoms with Crippen molar-refractivity contribution < 1.29 is 9.53 Å². The fourth-order valence-electron chi connectivity index (χ4n) is 2.27. The highest BCUT2D eigenvalue weighted by molar-refractivity contribution is 5.95. The Hall–Kier alpha value is -1.40. The molecule has 1 amide bonds. The van der Waals surface area contributed by atoms with Gasteiger partial charge in [-0.1, -0.05) is 0 Å². The molecule has 0 atom stereocenters. The van der Waals surface area contributed by atoms with E-state index in [1.54, 1.807) is 17.9 Å². The van der Waals surface area contributed by atoms with E-state index >= 15 is 0 Å². The number of nitrogens with one attached hydrogen (secondary N) is 1. The first-order valence-corrected chi connectivity index (χ1v) is 6.17. The summed E-state index contributed by atoms with van der Waals surface area (Å²) in [5.74, 6) is -0.104. The second-order valence-corrected chi connectivity index (χ2v) is 4.85. The summed E-state index contributed by atoms with van der Waals surface area (Å²) in [5.41, 5.74) is 6.82. The Balaban J connectivity index is 2.12.